The Balaban J connectivity index is 1.43. The number of nitrogens with one attached hydrogen (secondary N) is 1. The molecule has 162 valence electrons. The zero-order chi connectivity index (χ0) is 21.8. The lowest BCUT2D eigenvalue weighted by molar-refractivity contribution is -0.115. The molecule has 1 amide bonds. The van der Waals surface area contributed by atoms with E-state index in [0.29, 0.717) is 34.2 Å². The second kappa shape index (κ2) is 9.38. The topological polar surface area (TPSA) is 103 Å². The van der Waals surface area contributed by atoms with E-state index in [0.717, 1.165) is 17.8 Å². The highest BCUT2D eigenvalue weighted by Gasteiger charge is 2.21. The number of carbonyl (C=O) groups excluding carboxylic acids is 2. The molecule has 0 spiro atoms. The number of hydrogen-bond donors (Lipinski definition) is 1. The van der Waals surface area contributed by atoms with Crippen molar-refractivity contribution in [2.75, 3.05) is 5.32 Å². The summed E-state index contributed by atoms with van der Waals surface area (Å²) in [6, 6.07) is 7.81. The zero-order valence-corrected chi connectivity index (χ0v) is 18.1. The van der Waals surface area contributed by atoms with Gasteiger partial charge in [0.05, 0.1) is 11.3 Å². The molecule has 1 N–H and O–H groups in total. The highest BCUT2D eigenvalue weighted by molar-refractivity contribution is 7.16. The van der Waals surface area contributed by atoms with Crippen molar-refractivity contribution in [3.05, 3.63) is 57.0 Å². The van der Waals surface area contributed by atoms with E-state index in [4.69, 9.17) is 4.74 Å². The van der Waals surface area contributed by atoms with Crippen molar-refractivity contribution in [3.63, 3.8) is 0 Å². The number of fused-ring (bicyclic) bond motifs is 1. The first-order valence-electron chi connectivity index (χ1n) is 10.5. The van der Waals surface area contributed by atoms with Crippen molar-refractivity contribution < 1.29 is 14.3 Å². The molecule has 1 aromatic carbocycles. The van der Waals surface area contributed by atoms with Gasteiger partial charge in [0, 0.05) is 24.1 Å². The molecular formula is C22H24N4O4S. The quantitative estimate of drug-likeness (QED) is 0.583. The summed E-state index contributed by atoms with van der Waals surface area (Å²) in [6.45, 7) is 1.66. The Morgan fingerprint density at radius 3 is 2.65 bits per heavy atom. The van der Waals surface area contributed by atoms with Gasteiger partial charge in [-0.3, -0.25) is 9.59 Å². The van der Waals surface area contributed by atoms with E-state index in [-0.39, 0.29) is 18.1 Å². The van der Waals surface area contributed by atoms with Gasteiger partial charge in [-0.15, -0.1) is 0 Å². The minimum Gasteiger partial charge on any atom is -0.456 e. The minimum absolute atomic E-state index is 0.0993. The van der Waals surface area contributed by atoms with Gasteiger partial charge in [-0.05, 0) is 37.1 Å². The van der Waals surface area contributed by atoms with Crippen LogP contribution in [0.5, 0.6) is 0 Å². The molecule has 1 aliphatic rings. The van der Waals surface area contributed by atoms with Crippen LogP contribution in [0.25, 0.3) is 4.96 Å². The molecule has 2 heterocycles. The molecule has 0 aliphatic heterocycles. The maximum absolute atomic E-state index is 12.5. The molecule has 9 heteroatoms. The van der Waals surface area contributed by atoms with E-state index in [1.807, 2.05) is 0 Å². The van der Waals surface area contributed by atoms with Crippen molar-refractivity contribution in [2.45, 2.75) is 58.0 Å². The number of benzene rings is 1. The maximum Gasteiger partial charge on any atom is 0.338 e. The van der Waals surface area contributed by atoms with Crippen molar-refractivity contribution in [1.82, 2.24) is 14.6 Å². The Labute approximate surface area is 183 Å². The molecule has 8 nitrogen and oxygen atoms in total. The fourth-order valence-electron chi connectivity index (χ4n) is 3.62. The van der Waals surface area contributed by atoms with Gasteiger partial charge in [-0.25, -0.2) is 9.78 Å². The van der Waals surface area contributed by atoms with Crippen molar-refractivity contribution in [3.8, 4) is 0 Å². The average molecular weight is 441 g/mol. The third-order valence-corrected chi connectivity index (χ3v) is 6.42. The van der Waals surface area contributed by atoms with Crippen molar-refractivity contribution in [2.24, 2.45) is 0 Å². The van der Waals surface area contributed by atoms with Gasteiger partial charge in [0.2, 0.25) is 10.9 Å². The SMILES string of the molecule is CCC(=O)Nc1ccc(C(=O)OCc2cc(=O)n3nc(C4CCCCC4)sc3n2)cc1. The van der Waals surface area contributed by atoms with Gasteiger partial charge in [-0.2, -0.15) is 9.61 Å². The fourth-order valence-corrected chi connectivity index (χ4v) is 4.71. The van der Waals surface area contributed by atoms with Crippen LogP contribution in [-0.2, 0) is 16.1 Å². The molecule has 0 atom stereocenters. The molecule has 3 aromatic rings. The molecule has 1 aliphatic carbocycles. The molecule has 0 saturated heterocycles. The number of rotatable bonds is 6. The van der Waals surface area contributed by atoms with Gasteiger partial charge in [0.25, 0.3) is 5.56 Å². The first-order chi connectivity index (χ1) is 15.0. The predicted molar refractivity (Wildman–Crippen MR) is 117 cm³/mol. The molecule has 0 unspecified atom stereocenters. The molecule has 0 radical (unpaired) electrons. The lowest BCUT2D eigenvalue weighted by atomic mass is 9.90. The molecule has 4 rings (SSSR count). The maximum atomic E-state index is 12.5. The Kier molecular flexibility index (Phi) is 6.41. The fraction of sp³-hybridized carbons (Fsp3) is 0.409. The van der Waals surface area contributed by atoms with Crippen LogP contribution in [0.4, 0.5) is 5.69 Å². The summed E-state index contributed by atoms with van der Waals surface area (Å²) in [4.78, 5) is 41.2. The van der Waals surface area contributed by atoms with E-state index < -0.39 is 5.97 Å². The molecule has 1 saturated carbocycles. The monoisotopic (exact) mass is 440 g/mol. The van der Waals surface area contributed by atoms with E-state index >= 15 is 0 Å². The summed E-state index contributed by atoms with van der Waals surface area (Å²) in [6.07, 6.45) is 6.21. The van der Waals surface area contributed by atoms with Crippen LogP contribution in [-0.4, -0.2) is 26.5 Å². The van der Waals surface area contributed by atoms with E-state index in [2.05, 4.69) is 15.4 Å². The highest BCUT2D eigenvalue weighted by atomic mass is 32.1. The lowest BCUT2D eigenvalue weighted by Crippen LogP contribution is -2.17. The normalized spacial score (nSPS) is 14.5. The van der Waals surface area contributed by atoms with E-state index in [9.17, 15) is 14.4 Å². The molecular weight excluding hydrogens is 416 g/mol. The average Bonchev–Trinajstić information content (AvgIpc) is 3.23. The van der Waals surface area contributed by atoms with Gasteiger partial charge in [-0.1, -0.05) is 37.5 Å². The van der Waals surface area contributed by atoms with Gasteiger partial charge < -0.3 is 10.1 Å². The first-order valence-corrected chi connectivity index (χ1v) is 11.3. The standard InChI is InChI=1S/C22H24N4O4S/c1-2-18(27)23-16-10-8-15(9-11-16)21(29)30-13-17-12-19(28)26-22(24-17)31-20(25-26)14-6-4-3-5-7-14/h8-12,14H,2-7,13H2,1H3,(H,23,27). The molecule has 31 heavy (non-hydrogen) atoms. The lowest BCUT2D eigenvalue weighted by Gasteiger charge is -2.18. The van der Waals surface area contributed by atoms with Gasteiger partial charge in [0.15, 0.2) is 0 Å². The smallest absolute Gasteiger partial charge is 0.338 e. The Morgan fingerprint density at radius 2 is 1.94 bits per heavy atom. The number of nitrogens with zero attached hydrogens (tertiary/aromatic N) is 3. The van der Waals surface area contributed by atoms with Crippen LogP contribution in [0.2, 0.25) is 0 Å². The van der Waals surface area contributed by atoms with E-state index in [1.54, 1.807) is 31.2 Å². The molecule has 0 bridgehead atoms. The molecule has 2 aromatic heterocycles. The molecule has 1 fully saturated rings. The predicted octanol–water partition coefficient (Wildman–Crippen LogP) is 3.90. The Morgan fingerprint density at radius 1 is 1.19 bits per heavy atom. The highest BCUT2D eigenvalue weighted by Crippen LogP contribution is 2.34. The second-order valence-electron chi connectivity index (χ2n) is 7.61. The van der Waals surface area contributed by atoms with Crippen LogP contribution in [0.1, 0.15) is 72.4 Å². The first kappa shape index (κ1) is 21.2. The Bertz CT molecular complexity index is 1150. The minimum atomic E-state index is -0.525. The summed E-state index contributed by atoms with van der Waals surface area (Å²) in [7, 11) is 0. The van der Waals surface area contributed by atoms with Gasteiger partial charge >= 0.3 is 5.97 Å². The van der Waals surface area contributed by atoms with E-state index in [1.165, 1.54) is 41.2 Å². The number of amides is 1. The summed E-state index contributed by atoms with van der Waals surface area (Å²) in [5.74, 6) is -0.230. The van der Waals surface area contributed by atoms with Crippen LogP contribution in [0.3, 0.4) is 0 Å². The Hall–Kier alpha value is -3.07. The summed E-state index contributed by atoms with van der Waals surface area (Å²) in [5, 5.41) is 8.15. The largest absolute Gasteiger partial charge is 0.456 e. The number of aromatic nitrogens is 3. The number of carbonyl (C=O) groups is 2. The number of anilines is 1. The van der Waals surface area contributed by atoms with Crippen molar-refractivity contribution >= 4 is 33.9 Å². The summed E-state index contributed by atoms with van der Waals surface area (Å²) < 4.78 is 6.67. The number of ether oxygens (including phenoxy) is 1. The zero-order valence-electron chi connectivity index (χ0n) is 17.3. The summed E-state index contributed by atoms with van der Waals surface area (Å²) >= 11 is 1.44. The van der Waals surface area contributed by atoms with Gasteiger partial charge in [0.1, 0.15) is 11.6 Å². The third kappa shape index (κ3) is 4.99. The van der Waals surface area contributed by atoms with Crippen LogP contribution >= 0.6 is 11.3 Å². The van der Waals surface area contributed by atoms with Crippen LogP contribution < -0.4 is 10.9 Å². The summed E-state index contributed by atoms with van der Waals surface area (Å²) in [5.41, 5.74) is 1.08. The van der Waals surface area contributed by atoms with Crippen LogP contribution in [0, 0.1) is 0 Å². The van der Waals surface area contributed by atoms with Crippen molar-refractivity contribution in [1.29, 1.82) is 0 Å². The van der Waals surface area contributed by atoms with Crippen LogP contribution in [0.15, 0.2) is 35.1 Å². The third-order valence-electron chi connectivity index (χ3n) is 5.34. The number of hydrogen-bond acceptors (Lipinski definition) is 7. The number of esters is 1. The second-order valence-corrected chi connectivity index (χ2v) is 8.60.